The van der Waals surface area contributed by atoms with Gasteiger partial charge in [0, 0.05) is 19.6 Å². The average Bonchev–Trinajstić information content (AvgIpc) is 2.35. The van der Waals surface area contributed by atoms with Crippen molar-refractivity contribution in [2.45, 2.75) is 32.0 Å². The van der Waals surface area contributed by atoms with Crippen LogP contribution in [0.4, 0.5) is 0 Å². The first-order chi connectivity index (χ1) is 9.06. The predicted octanol–water partition coefficient (Wildman–Crippen LogP) is 1.96. The number of nitrogens with zero attached hydrogens (tertiary/aromatic N) is 1. The van der Waals surface area contributed by atoms with E-state index in [0.29, 0.717) is 6.54 Å². The molecule has 0 bridgehead atoms. The fraction of sp³-hybridized carbons (Fsp3) is 0.533. The van der Waals surface area contributed by atoms with Crippen LogP contribution in [0.25, 0.3) is 0 Å². The van der Waals surface area contributed by atoms with Crippen molar-refractivity contribution >= 4 is 5.97 Å². The first-order valence-electron chi connectivity index (χ1n) is 6.72. The van der Waals surface area contributed by atoms with Gasteiger partial charge in [-0.2, -0.15) is 0 Å². The molecule has 0 spiro atoms. The van der Waals surface area contributed by atoms with Gasteiger partial charge in [0.1, 0.15) is 0 Å². The van der Waals surface area contributed by atoms with Gasteiger partial charge in [0.05, 0.1) is 18.1 Å². The van der Waals surface area contributed by atoms with Crippen LogP contribution in [-0.2, 0) is 9.53 Å². The van der Waals surface area contributed by atoms with E-state index in [9.17, 15) is 9.90 Å². The summed E-state index contributed by atoms with van der Waals surface area (Å²) in [5, 5.41) is 9.43. The number of rotatable bonds is 4. The van der Waals surface area contributed by atoms with Crippen LogP contribution >= 0.6 is 0 Å². The fourth-order valence-electron chi connectivity index (χ4n) is 2.70. The minimum absolute atomic E-state index is 0.161. The van der Waals surface area contributed by atoms with E-state index in [1.165, 1.54) is 0 Å². The third-order valence-electron chi connectivity index (χ3n) is 3.44. The Morgan fingerprint density at radius 3 is 2.42 bits per heavy atom. The normalized spacial score (nSPS) is 26.0. The molecule has 1 aliphatic rings. The van der Waals surface area contributed by atoms with Gasteiger partial charge in [0.25, 0.3) is 0 Å². The number of benzene rings is 1. The van der Waals surface area contributed by atoms with E-state index >= 15 is 0 Å². The molecule has 3 unspecified atom stereocenters. The highest BCUT2D eigenvalue weighted by Crippen LogP contribution is 2.20. The number of hydrogen-bond donors (Lipinski definition) is 1. The molecule has 0 saturated carbocycles. The van der Waals surface area contributed by atoms with E-state index in [4.69, 9.17) is 4.74 Å². The zero-order chi connectivity index (χ0) is 13.8. The second-order valence-electron chi connectivity index (χ2n) is 5.28. The molecule has 1 aromatic carbocycles. The second kappa shape index (κ2) is 6.17. The Morgan fingerprint density at radius 2 is 1.89 bits per heavy atom. The van der Waals surface area contributed by atoms with Crippen LogP contribution in [0.3, 0.4) is 0 Å². The lowest BCUT2D eigenvalue weighted by Gasteiger charge is -2.36. The minimum Gasteiger partial charge on any atom is -0.481 e. The number of ether oxygens (including phenoxy) is 1. The summed E-state index contributed by atoms with van der Waals surface area (Å²) >= 11 is 0. The van der Waals surface area contributed by atoms with Crippen molar-refractivity contribution in [2.75, 3.05) is 19.6 Å². The van der Waals surface area contributed by atoms with Gasteiger partial charge in [-0.05, 0) is 19.4 Å². The highest BCUT2D eigenvalue weighted by atomic mass is 16.5. The van der Waals surface area contributed by atoms with Gasteiger partial charge >= 0.3 is 5.97 Å². The van der Waals surface area contributed by atoms with E-state index in [0.717, 1.165) is 18.7 Å². The third-order valence-corrected chi connectivity index (χ3v) is 3.44. The third kappa shape index (κ3) is 3.78. The fourth-order valence-corrected chi connectivity index (χ4v) is 2.70. The molecule has 0 radical (unpaired) electrons. The molecule has 4 heteroatoms. The summed E-state index contributed by atoms with van der Waals surface area (Å²) in [7, 11) is 0. The van der Waals surface area contributed by atoms with Crippen LogP contribution in [0, 0.1) is 0 Å². The SMILES string of the molecule is CC1CN(CC(C(=O)O)c2ccccc2)CC(C)O1. The smallest absolute Gasteiger partial charge is 0.312 e. The molecule has 0 aromatic heterocycles. The Kier molecular flexibility index (Phi) is 4.56. The Morgan fingerprint density at radius 1 is 1.32 bits per heavy atom. The highest BCUT2D eigenvalue weighted by Gasteiger charge is 2.28. The summed E-state index contributed by atoms with van der Waals surface area (Å²) in [6.07, 6.45) is 0.322. The van der Waals surface area contributed by atoms with Crippen LogP contribution in [0.1, 0.15) is 25.3 Å². The minimum atomic E-state index is -0.766. The summed E-state index contributed by atoms with van der Waals surface area (Å²) in [6, 6.07) is 9.44. The van der Waals surface area contributed by atoms with Crippen molar-refractivity contribution in [3.05, 3.63) is 35.9 Å². The number of aliphatic carboxylic acids is 1. The summed E-state index contributed by atoms with van der Waals surface area (Å²) in [5.41, 5.74) is 0.863. The molecule has 2 rings (SSSR count). The molecule has 0 amide bonds. The number of carbonyl (C=O) groups is 1. The summed E-state index contributed by atoms with van der Waals surface area (Å²) in [6.45, 7) is 6.18. The van der Waals surface area contributed by atoms with E-state index in [1.54, 1.807) is 0 Å². The molecule has 1 aromatic rings. The lowest BCUT2D eigenvalue weighted by atomic mass is 9.98. The van der Waals surface area contributed by atoms with Gasteiger partial charge in [-0.1, -0.05) is 30.3 Å². The molecule has 104 valence electrons. The van der Waals surface area contributed by atoms with Crippen LogP contribution < -0.4 is 0 Å². The molecule has 1 aliphatic heterocycles. The van der Waals surface area contributed by atoms with Crippen LogP contribution in [0.15, 0.2) is 30.3 Å². The number of carboxylic acid groups (broad SMARTS) is 1. The molecule has 1 N–H and O–H groups in total. The standard InChI is InChI=1S/C15H21NO3/c1-11-8-16(9-12(2)19-11)10-14(15(17)18)13-6-4-3-5-7-13/h3-7,11-12,14H,8-10H2,1-2H3,(H,17,18). The van der Waals surface area contributed by atoms with Crippen molar-refractivity contribution in [3.8, 4) is 0 Å². The van der Waals surface area contributed by atoms with Crippen LogP contribution in [0.5, 0.6) is 0 Å². The number of morpholine rings is 1. The van der Waals surface area contributed by atoms with E-state index < -0.39 is 11.9 Å². The van der Waals surface area contributed by atoms with E-state index in [1.807, 2.05) is 44.2 Å². The summed E-state index contributed by atoms with van der Waals surface area (Å²) < 4.78 is 5.68. The number of hydrogen-bond acceptors (Lipinski definition) is 3. The highest BCUT2D eigenvalue weighted by molar-refractivity contribution is 5.76. The Bertz CT molecular complexity index is 411. The first kappa shape index (κ1) is 14.0. The van der Waals surface area contributed by atoms with Crippen LogP contribution in [-0.4, -0.2) is 47.8 Å². The maximum absolute atomic E-state index is 11.5. The first-order valence-corrected chi connectivity index (χ1v) is 6.72. The zero-order valence-electron chi connectivity index (χ0n) is 11.5. The zero-order valence-corrected chi connectivity index (χ0v) is 11.5. The molecule has 1 saturated heterocycles. The van der Waals surface area contributed by atoms with E-state index in [2.05, 4.69) is 4.90 Å². The molecule has 1 heterocycles. The van der Waals surface area contributed by atoms with Crippen molar-refractivity contribution in [3.63, 3.8) is 0 Å². The average molecular weight is 263 g/mol. The Labute approximate surface area is 114 Å². The molecule has 4 nitrogen and oxygen atoms in total. The lowest BCUT2D eigenvalue weighted by molar-refractivity contribution is -0.140. The number of carboxylic acids is 1. The van der Waals surface area contributed by atoms with Gasteiger partial charge < -0.3 is 9.84 Å². The van der Waals surface area contributed by atoms with Crippen molar-refractivity contribution in [2.24, 2.45) is 0 Å². The van der Waals surface area contributed by atoms with E-state index in [-0.39, 0.29) is 12.2 Å². The van der Waals surface area contributed by atoms with Crippen LogP contribution in [0.2, 0.25) is 0 Å². The van der Waals surface area contributed by atoms with Crippen molar-refractivity contribution in [1.82, 2.24) is 4.90 Å². The monoisotopic (exact) mass is 263 g/mol. The predicted molar refractivity (Wildman–Crippen MR) is 73.3 cm³/mol. The van der Waals surface area contributed by atoms with Gasteiger partial charge in [0.15, 0.2) is 0 Å². The maximum atomic E-state index is 11.5. The molecule has 1 fully saturated rings. The second-order valence-corrected chi connectivity index (χ2v) is 5.28. The van der Waals surface area contributed by atoms with Crippen molar-refractivity contribution in [1.29, 1.82) is 0 Å². The summed E-state index contributed by atoms with van der Waals surface area (Å²) in [4.78, 5) is 13.7. The largest absolute Gasteiger partial charge is 0.481 e. The van der Waals surface area contributed by atoms with Gasteiger partial charge in [0.2, 0.25) is 0 Å². The lowest BCUT2D eigenvalue weighted by Crippen LogP contribution is -2.47. The van der Waals surface area contributed by atoms with Gasteiger partial charge in [-0.15, -0.1) is 0 Å². The Hall–Kier alpha value is -1.39. The quantitative estimate of drug-likeness (QED) is 0.902. The molecule has 3 atom stereocenters. The maximum Gasteiger partial charge on any atom is 0.312 e. The topological polar surface area (TPSA) is 49.8 Å². The summed E-state index contributed by atoms with van der Waals surface area (Å²) in [5.74, 6) is -1.24. The molecule has 19 heavy (non-hydrogen) atoms. The molecular weight excluding hydrogens is 242 g/mol. The van der Waals surface area contributed by atoms with Gasteiger partial charge in [-0.25, -0.2) is 0 Å². The van der Waals surface area contributed by atoms with Crippen molar-refractivity contribution < 1.29 is 14.6 Å². The molecule has 0 aliphatic carbocycles. The molecular formula is C15H21NO3. The Balaban J connectivity index is 2.07. The van der Waals surface area contributed by atoms with Gasteiger partial charge in [-0.3, -0.25) is 9.69 Å².